The van der Waals surface area contributed by atoms with Gasteiger partial charge in [-0.1, -0.05) is 74.7 Å². The van der Waals surface area contributed by atoms with Crippen LogP contribution < -0.4 is 0 Å². The molecule has 1 aromatic carbocycles. The fourth-order valence-corrected chi connectivity index (χ4v) is 2.89. The average molecular weight is 240 g/mol. The van der Waals surface area contributed by atoms with Crippen molar-refractivity contribution in [1.82, 2.24) is 0 Å². The Hall–Kier alpha value is -1.30. The zero-order chi connectivity index (χ0) is 13.0. The first-order valence-corrected chi connectivity index (χ1v) is 7.30. The first kappa shape index (κ1) is 13.1. The minimum atomic E-state index is 0.661. The summed E-state index contributed by atoms with van der Waals surface area (Å²) in [6.45, 7) is 6.82. The molecule has 0 aromatic heterocycles. The highest BCUT2D eigenvalue weighted by atomic mass is 14.4. The van der Waals surface area contributed by atoms with Crippen molar-refractivity contribution in [3.05, 3.63) is 53.1 Å². The second-order valence-corrected chi connectivity index (χ2v) is 5.00. The van der Waals surface area contributed by atoms with Crippen LogP contribution in [0, 0.1) is 5.92 Å². The standard InChI is InChI=1S/C18H24/c1-4-7-13-17(14-11-9-8-10-12-14)18-15(5-2)16(18)6-3/h8-13,18H,4-7H2,1-3H3/b17-13+. The van der Waals surface area contributed by atoms with Crippen LogP contribution in [-0.4, -0.2) is 0 Å². The molecule has 0 N–H and O–H groups in total. The van der Waals surface area contributed by atoms with Crippen molar-refractivity contribution in [1.29, 1.82) is 0 Å². The van der Waals surface area contributed by atoms with E-state index in [1.165, 1.54) is 31.2 Å². The topological polar surface area (TPSA) is 0 Å². The summed E-state index contributed by atoms with van der Waals surface area (Å²) in [5.74, 6) is 0.661. The highest BCUT2D eigenvalue weighted by molar-refractivity contribution is 5.78. The summed E-state index contributed by atoms with van der Waals surface area (Å²) < 4.78 is 0. The highest BCUT2D eigenvalue weighted by Gasteiger charge is 2.36. The van der Waals surface area contributed by atoms with Gasteiger partial charge in [-0.3, -0.25) is 0 Å². The van der Waals surface area contributed by atoms with Gasteiger partial charge in [-0.15, -0.1) is 0 Å². The summed E-state index contributed by atoms with van der Waals surface area (Å²) in [7, 11) is 0. The van der Waals surface area contributed by atoms with E-state index in [2.05, 4.69) is 57.2 Å². The van der Waals surface area contributed by atoms with Gasteiger partial charge in [-0.25, -0.2) is 0 Å². The van der Waals surface area contributed by atoms with Crippen molar-refractivity contribution >= 4 is 5.57 Å². The fourth-order valence-electron chi connectivity index (χ4n) is 2.89. The van der Waals surface area contributed by atoms with E-state index in [1.807, 2.05) is 0 Å². The summed E-state index contributed by atoms with van der Waals surface area (Å²) in [6, 6.07) is 10.9. The molecule has 0 atom stereocenters. The minimum Gasteiger partial charge on any atom is -0.0798 e. The van der Waals surface area contributed by atoms with Gasteiger partial charge in [0.25, 0.3) is 0 Å². The van der Waals surface area contributed by atoms with Crippen molar-refractivity contribution in [3.63, 3.8) is 0 Å². The molecule has 0 spiro atoms. The van der Waals surface area contributed by atoms with Crippen molar-refractivity contribution in [3.8, 4) is 0 Å². The van der Waals surface area contributed by atoms with Gasteiger partial charge in [-0.2, -0.15) is 0 Å². The molecule has 18 heavy (non-hydrogen) atoms. The molecule has 0 radical (unpaired) electrons. The molecular formula is C18H24. The van der Waals surface area contributed by atoms with Crippen LogP contribution in [0.1, 0.15) is 52.0 Å². The molecule has 2 rings (SSSR count). The maximum Gasteiger partial charge on any atom is 0.0266 e. The Morgan fingerprint density at radius 2 is 1.61 bits per heavy atom. The van der Waals surface area contributed by atoms with Crippen LogP contribution in [-0.2, 0) is 0 Å². The van der Waals surface area contributed by atoms with Gasteiger partial charge < -0.3 is 0 Å². The summed E-state index contributed by atoms with van der Waals surface area (Å²) in [5.41, 5.74) is 6.32. The predicted molar refractivity (Wildman–Crippen MR) is 80.4 cm³/mol. The molecule has 96 valence electrons. The van der Waals surface area contributed by atoms with E-state index in [9.17, 15) is 0 Å². The second kappa shape index (κ2) is 6.04. The Morgan fingerprint density at radius 1 is 1.00 bits per heavy atom. The number of hydrogen-bond donors (Lipinski definition) is 0. The highest BCUT2D eigenvalue weighted by Crippen LogP contribution is 2.51. The molecule has 1 aliphatic carbocycles. The number of unbranched alkanes of at least 4 members (excludes halogenated alkanes) is 1. The van der Waals surface area contributed by atoms with Gasteiger partial charge in [-0.05, 0) is 30.4 Å². The van der Waals surface area contributed by atoms with Crippen molar-refractivity contribution < 1.29 is 0 Å². The first-order valence-electron chi connectivity index (χ1n) is 7.30. The van der Waals surface area contributed by atoms with Gasteiger partial charge in [0.1, 0.15) is 0 Å². The molecule has 0 saturated heterocycles. The molecule has 0 amide bonds. The quantitative estimate of drug-likeness (QED) is 0.566. The summed E-state index contributed by atoms with van der Waals surface area (Å²) in [5, 5.41) is 0. The maximum atomic E-state index is 2.46. The molecule has 0 saturated carbocycles. The Balaban J connectivity index is 2.24. The third-order valence-corrected chi connectivity index (χ3v) is 3.86. The number of hydrogen-bond acceptors (Lipinski definition) is 0. The summed E-state index contributed by atoms with van der Waals surface area (Å²) >= 11 is 0. The average Bonchev–Trinajstić information content (AvgIpc) is 3.13. The van der Waals surface area contributed by atoms with E-state index < -0.39 is 0 Å². The lowest BCUT2D eigenvalue weighted by Crippen LogP contribution is -1.92. The monoisotopic (exact) mass is 240 g/mol. The van der Waals surface area contributed by atoms with Gasteiger partial charge in [0.2, 0.25) is 0 Å². The second-order valence-electron chi connectivity index (χ2n) is 5.00. The van der Waals surface area contributed by atoms with E-state index >= 15 is 0 Å². The van der Waals surface area contributed by atoms with Gasteiger partial charge in [0.15, 0.2) is 0 Å². The van der Waals surface area contributed by atoms with E-state index in [0.29, 0.717) is 5.92 Å². The molecule has 0 aliphatic heterocycles. The van der Waals surface area contributed by atoms with Crippen LogP contribution in [0.25, 0.3) is 5.57 Å². The summed E-state index contributed by atoms with van der Waals surface area (Å²) in [4.78, 5) is 0. The molecule has 0 heteroatoms. The number of rotatable bonds is 6. The SMILES string of the molecule is CCC/C=C(\c1ccccc1)C1C(CC)=C1CC. The first-order chi connectivity index (χ1) is 8.83. The molecule has 0 bridgehead atoms. The zero-order valence-corrected chi connectivity index (χ0v) is 11.9. The molecule has 0 nitrogen and oxygen atoms in total. The predicted octanol–water partition coefficient (Wildman–Crippen LogP) is 5.62. The third kappa shape index (κ3) is 2.58. The largest absolute Gasteiger partial charge is 0.0798 e. The van der Waals surface area contributed by atoms with Crippen LogP contribution in [0.5, 0.6) is 0 Å². The fraction of sp³-hybridized carbons (Fsp3) is 0.444. The molecule has 1 aromatic rings. The molecule has 1 aliphatic rings. The summed E-state index contributed by atoms with van der Waals surface area (Å²) in [6.07, 6.45) is 7.30. The van der Waals surface area contributed by atoms with Gasteiger partial charge in [0, 0.05) is 5.92 Å². The Kier molecular flexibility index (Phi) is 4.41. The smallest absolute Gasteiger partial charge is 0.0266 e. The Bertz CT molecular complexity index is 434. The molecule has 0 fully saturated rings. The zero-order valence-electron chi connectivity index (χ0n) is 11.9. The molecular weight excluding hydrogens is 216 g/mol. The lowest BCUT2D eigenvalue weighted by molar-refractivity contribution is 0.944. The van der Waals surface area contributed by atoms with Crippen LogP contribution in [0.3, 0.4) is 0 Å². The van der Waals surface area contributed by atoms with E-state index in [-0.39, 0.29) is 0 Å². The maximum absolute atomic E-state index is 2.46. The van der Waals surface area contributed by atoms with Crippen LogP contribution >= 0.6 is 0 Å². The lowest BCUT2D eigenvalue weighted by atomic mass is 9.95. The number of allylic oxidation sites excluding steroid dienone is 4. The van der Waals surface area contributed by atoms with Gasteiger partial charge in [0.05, 0.1) is 0 Å². The lowest BCUT2D eigenvalue weighted by Gasteiger charge is -2.09. The van der Waals surface area contributed by atoms with Crippen molar-refractivity contribution in [2.24, 2.45) is 5.92 Å². The van der Waals surface area contributed by atoms with Crippen molar-refractivity contribution in [2.75, 3.05) is 0 Å². The van der Waals surface area contributed by atoms with E-state index in [4.69, 9.17) is 0 Å². The van der Waals surface area contributed by atoms with Crippen LogP contribution in [0.15, 0.2) is 47.6 Å². The Morgan fingerprint density at radius 3 is 2.11 bits per heavy atom. The van der Waals surface area contributed by atoms with Crippen molar-refractivity contribution in [2.45, 2.75) is 46.5 Å². The van der Waals surface area contributed by atoms with Crippen LogP contribution in [0.2, 0.25) is 0 Å². The minimum absolute atomic E-state index is 0.661. The third-order valence-electron chi connectivity index (χ3n) is 3.86. The van der Waals surface area contributed by atoms with E-state index in [0.717, 1.165) is 0 Å². The molecule has 0 heterocycles. The van der Waals surface area contributed by atoms with Crippen LogP contribution in [0.4, 0.5) is 0 Å². The van der Waals surface area contributed by atoms with Gasteiger partial charge >= 0.3 is 0 Å². The van der Waals surface area contributed by atoms with E-state index in [1.54, 1.807) is 16.7 Å². The molecule has 0 unspecified atom stereocenters. The Labute approximate surface area is 111 Å². The normalized spacial score (nSPS) is 16.3. The number of benzene rings is 1.